The minimum Gasteiger partial charge on any atom is -0.352 e. The number of hydrogen-bond donors (Lipinski definition) is 2. The molecule has 0 bridgehead atoms. The van der Waals surface area contributed by atoms with Crippen LogP contribution in [0.15, 0.2) is 24.3 Å². The van der Waals surface area contributed by atoms with Gasteiger partial charge in [-0.1, -0.05) is 12.1 Å². The highest BCUT2D eigenvalue weighted by molar-refractivity contribution is 5.94. The Morgan fingerprint density at radius 1 is 0.897 bits per heavy atom. The zero-order valence-corrected chi connectivity index (χ0v) is 16.4. The first-order valence-corrected chi connectivity index (χ1v) is 10.4. The molecule has 1 atom stereocenters. The molecule has 7 nitrogen and oxygen atoms in total. The van der Waals surface area contributed by atoms with Crippen LogP contribution in [0, 0.1) is 5.82 Å². The third-order valence-electron chi connectivity index (χ3n) is 5.95. The molecule has 0 spiro atoms. The fourth-order valence-corrected chi connectivity index (χ4v) is 4.10. The van der Waals surface area contributed by atoms with Gasteiger partial charge in [-0.25, -0.2) is 9.18 Å². The average molecular weight is 402 g/mol. The number of halogens is 1. The van der Waals surface area contributed by atoms with E-state index in [0.717, 1.165) is 19.3 Å². The Bertz CT molecular complexity index is 790. The maximum absolute atomic E-state index is 13.9. The fourth-order valence-electron chi connectivity index (χ4n) is 4.10. The third kappa shape index (κ3) is 4.52. The van der Waals surface area contributed by atoms with Crippen LogP contribution in [0.1, 0.15) is 48.9 Å². The maximum Gasteiger partial charge on any atom is 0.318 e. The molecule has 2 aliphatic heterocycles. The molecule has 1 aromatic rings. The molecular formula is C21H27FN4O3. The smallest absolute Gasteiger partial charge is 0.318 e. The van der Waals surface area contributed by atoms with E-state index < -0.39 is 11.9 Å². The van der Waals surface area contributed by atoms with Gasteiger partial charge in [0, 0.05) is 31.7 Å². The van der Waals surface area contributed by atoms with Crippen LogP contribution in [0.3, 0.4) is 0 Å². The maximum atomic E-state index is 13.9. The molecule has 156 valence electrons. The number of amides is 4. The molecule has 4 amide bonds. The van der Waals surface area contributed by atoms with Crippen molar-refractivity contribution < 1.29 is 18.8 Å². The first kappa shape index (κ1) is 19.7. The van der Waals surface area contributed by atoms with Crippen LogP contribution in [0.2, 0.25) is 0 Å². The predicted molar refractivity (Wildman–Crippen MR) is 105 cm³/mol. The van der Waals surface area contributed by atoms with Crippen molar-refractivity contribution in [1.29, 1.82) is 0 Å². The molecule has 1 aromatic carbocycles. The van der Waals surface area contributed by atoms with Crippen LogP contribution < -0.4 is 10.6 Å². The molecular weight excluding hydrogens is 375 g/mol. The zero-order valence-electron chi connectivity index (χ0n) is 16.4. The third-order valence-corrected chi connectivity index (χ3v) is 5.95. The van der Waals surface area contributed by atoms with E-state index >= 15 is 0 Å². The molecule has 2 N–H and O–H groups in total. The highest BCUT2D eigenvalue weighted by Gasteiger charge is 2.37. The van der Waals surface area contributed by atoms with Gasteiger partial charge in [-0.3, -0.25) is 9.59 Å². The summed E-state index contributed by atoms with van der Waals surface area (Å²) < 4.78 is 13.9. The van der Waals surface area contributed by atoms with Gasteiger partial charge in [0.25, 0.3) is 5.91 Å². The Kier molecular flexibility index (Phi) is 5.69. The Hall–Kier alpha value is -2.64. The van der Waals surface area contributed by atoms with Crippen molar-refractivity contribution in [3.63, 3.8) is 0 Å². The number of hydrogen-bond acceptors (Lipinski definition) is 3. The van der Waals surface area contributed by atoms with Crippen LogP contribution in [-0.4, -0.2) is 65.4 Å². The quantitative estimate of drug-likeness (QED) is 0.807. The van der Waals surface area contributed by atoms with Gasteiger partial charge >= 0.3 is 6.03 Å². The van der Waals surface area contributed by atoms with Gasteiger partial charge in [0.05, 0.1) is 5.56 Å². The summed E-state index contributed by atoms with van der Waals surface area (Å²) in [6, 6.07) is 5.61. The number of nitrogens with zero attached hydrogens (tertiary/aromatic N) is 2. The lowest BCUT2D eigenvalue weighted by Crippen LogP contribution is -2.54. The van der Waals surface area contributed by atoms with Gasteiger partial charge in [-0.2, -0.15) is 0 Å². The summed E-state index contributed by atoms with van der Waals surface area (Å²) in [4.78, 5) is 40.9. The number of rotatable bonds is 4. The number of nitrogens with one attached hydrogen (secondary N) is 2. The Balaban J connectivity index is 1.28. The number of piperidine rings is 1. The van der Waals surface area contributed by atoms with Crippen molar-refractivity contribution in [2.75, 3.05) is 19.6 Å². The monoisotopic (exact) mass is 402 g/mol. The molecule has 1 aliphatic carbocycles. The highest BCUT2D eigenvalue weighted by Crippen LogP contribution is 2.23. The normalized spacial score (nSPS) is 22.4. The van der Waals surface area contributed by atoms with Crippen molar-refractivity contribution in [3.8, 4) is 0 Å². The first-order chi connectivity index (χ1) is 14.0. The molecule has 2 heterocycles. The second-order valence-corrected chi connectivity index (χ2v) is 8.13. The zero-order chi connectivity index (χ0) is 20.4. The molecule has 0 radical (unpaired) electrons. The van der Waals surface area contributed by atoms with E-state index in [2.05, 4.69) is 10.6 Å². The molecule has 2 saturated heterocycles. The lowest BCUT2D eigenvalue weighted by atomic mass is 10.0. The summed E-state index contributed by atoms with van der Waals surface area (Å²) in [6.07, 6.45) is 4.79. The summed E-state index contributed by atoms with van der Waals surface area (Å²) in [5.41, 5.74) is 0.0802. The minimum absolute atomic E-state index is 0.0505. The SMILES string of the molecule is O=C(NC1CC1)C1CCCN1C(=O)NC1CCN(C(=O)c2ccccc2F)CC1. The molecule has 8 heteroatoms. The largest absolute Gasteiger partial charge is 0.352 e. The van der Waals surface area contributed by atoms with Gasteiger partial charge in [-0.15, -0.1) is 0 Å². The average Bonchev–Trinajstić information content (AvgIpc) is 3.39. The van der Waals surface area contributed by atoms with Crippen LogP contribution in [-0.2, 0) is 4.79 Å². The molecule has 1 unspecified atom stereocenters. The van der Waals surface area contributed by atoms with Gasteiger partial charge in [-0.05, 0) is 50.7 Å². The summed E-state index contributed by atoms with van der Waals surface area (Å²) in [7, 11) is 0. The Labute approximate surface area is 169 Å². The minimum atomic E-state index is -0.516. The summed E-state index contributed by atoms with van der Waals surface area (Å²) in [5.74, 6) is -0.882. The molecule has 1 saturated carbocycles. The van der Waals surface area contributed by atoms with Crippen LogP contribution in [0.4, 0.5) is 9.18 Å². The Morgan fingerprint density at radius 3 is 2.28 bits per heavy atom. The van der Waals surface area contributed by atoms with E-state index in [9.17, 15) is 18.8 Å². The lowest BCUT2D eigenvalue weighted by molar-refractivity contribution is -0.124. The van der Waals surface area contributed by atoms with Crippen LogP contribution in [0.25, 0.3) is 0 Å². The molecule has 3 aliphatic rings. The molecule has 3 fully saturated rings. The van der Waals surface area contributed by atoms with E-state index in [0.29, 0.717) is 38.9 Å². The van der Waals surface area contributed by atoms with Crippen molar-refractivity contribution in [2.45, 2.75) is 56.7 Å². The lowest BCUT2D eigenvalue weighted by Gasteiger charge is -2.34. The summed E-state index contributed by atoms with van der Waals surface area (Å²) in [5, 5.41) is 6.01. The highest BCUT2D eigenvalue weighted by atomic mass is 19.1. The second-order valence-electron chi connectivity index (χ2n) is 8.13. The number of benzene rings is 1. The summed E-state index contributed by atoms with van der Waals surface area (Å²) >= 11 is 0. The number of likely N-dealkylation sites (tertiary alicyclic amines) is 2. The van der Waals surface area contributed by atoms with E-state index in [1.54, 1.807) is 21.9 Å². The van der Waals surface area contributed by atoms with E-state index in [4.69, 9.17) is 0 Å². The van der Waals surface area contributed by atoms with Crippen LogP contribution >= 0.6 is 0 Å². The number of carbonyl (C=O) groups is 3. The van der Waals surface area contributed by atoms with Crippen LogP contribution in [0.5, 0.6) is 0 Å². The molecule has 29 heavy (non-hydrogen) atoms. The van der Waals surface area contributed by atoms with Gasteiger partial charge in [0.1, 0.15) is 11.9 Å². The standard InChI is InChI=1S/C21H27FN4O3/c22-17-5-2-1-4-16(17)20(28)25-12-9-15(10-13-25)24-21(29)26-11-3-6-18(26)19(27)23-14-7-8-14/h1-2,4-5,14-15,18H,3,6-13H2,(H,23,27)(H,24,29). The first-order valence-electron chi connectivity index (χ1n) is 10.4. The van der Waals surface area contributed by atoms with Crippen molar-refractivity contribution in [2.24, 2.45) is 0 Å². The second kappa shape index (κ2) is 8.39. The summed E-state index contributed by atoms with van der Waals surface area (Å²) in [6.45, 7) is 1.51. The molecule has 4 rings (SSSR count). The molecule has 0 aromatic heterocycles. The van der Waals surface area contributed by atoms with Crippen molar-refractivity contribution in [3.05, 3.63) is 35.6 Å². The predicted octanol–water partition coefficient (Wildman–Crippen LogP) is 1.88. The van der Waals surface area contributed by atoms with Crippen molar-refractivity contribution in [1.82, 2.24) is 20.4 Å². The van der Waals surface area contributed by atoms with Gasteiger partial charge < -0.3 is 20.4 Å². The Morgan fingerprint density at radius 2 is 1.59 bits per heavy atom. The van der Waals surface area contributed by atoms with Gasteiger partial charge in [0.15, 0.2) is 0 Å². The fraction of sp³-hybridized carbons (Fsp3) is 0.571. The van der Waals surface area contributed by atoms with Gasteiger partial charge in [0.2, 0.25) is 5.91 Å². The number of carbonyl (C=O) groups excluding carboxylic acids is 3. The van der Waals surface area contributed by atoms with E-state index in [1.165, 1.54) is 12.1 Å². The topological polar surface area (TPSA) is 81.8 Å². The van der Waals surface area contributed by atoms with E-state index in [-0.39, 0.29) is 35.5 Å². The van der Waals surface area contributed by atoms with Crippen molar-refractivity contribution >= 4 is 17.8 Å². The van der Waals surface area contributed by atoms with E-state index in [1.807, 2.05) is 0 Å². The number of urea groups is 1.